The molecule has 2 atom stereocenters. The lowest BCUT2D eigenvalue weighted by atomic mass is 10.1. The van der Waals surface area contributed by atoms with E-state index >= 15 is 0 Å². The van der Waals surface area contributed by atoms with Gasteiger partial charge >= 0.3 is 0 Å². The molecule has 0 spiro atoms. The van der Waals surface area contributed by atoms with Gasteiger partial charge < -0.3 is 4.90 Å². The van der Waals surface area contributed by atoms with Crippen LogP contribution in [0.5, 0.6) is 0 Å². The Morgan fingerprint density at radius 1 is 0.735 bits per heavy atom. The van der Waals surface area contributed by atoms with Crippen LogP contribution in [-0.2, 0) is 36.5 Å². The number of nitrogens with zero attached hydrogens (tertiary/aromatic N) is 2. The van der Waals surface area contributed by atoms with E-state index in [1.54, 1.807) is 0 Å². The maximum atomic E-state index is 6.84. The molecule has 0 fully saturated rings. The molecule has 2 heterocycles. The highest BCUT2D eigenvalue weighted by atomic mass is 32.4. The second kappa shape index (κ2) is 8.68. The zero-order chi connectivity index (χ0) is 24.4. The number of benzene rings is 3. The molecule has 34 heavy (non-hydrogen) atoms. The number of fused-ring (bicyclic) bond motifs is 4. The zero-order valence-corrected chi connectivity index (χ0v) is 24.5. The Hall–Kier alpha value is -1.28. The fraction of sp³-hybridized carbons (Fsp3) is 0.357. The van der Waals surface area contributed by atoms with E-state index in [1.165, 1.54) is 55.0 Å². The van der Waals surface area contributed by atoms with Gasteiger partial charge in [-0.25, -0.2) is 0 Å². The second-order valence-corrected chi connectivity index (χ2v) is 18.7. The Balaban J connectivity index is 1.97. The fourth-order valence-corrected chi connectivity index (χ4v) is 13.9. The van der Waals surface area contributed by atoms with Crippen molar-refractivity contribution in [2.45, 2.75) is 47.5 Å². The maximum absolute atomic E-state index is 6.84. The van der Waals surface area contributed by atoms with Gasteiger partial charge in [0.25, 0.3) is 0 Å². The van der Waals surface area contributed by atoms with Crippen LogP contribution in [-0.4, -0.2) is 24.4 Å². The van der Waals surface area contributed by atoms with Crippen molar-refractivity contribution in [2.75, 3.05) is 24.7 Å². The van der Waals surface area contributed by atoms with Crippen molar-refractivity contribution in [3.63, 3.8) is 0 Å². The molecule has 2 aliphatic rings. The van der Waals surface area contributed by atoms with E-state index in [1.807, 2.05) is 0 Å². The number of anilines is 3. The average molecular weight is 525 g/mol. The third kappa shape index (κ3) is 3.30. The van der Waals surface area contributed by atoms with E-state index in [0.29, 0.717) is 0 Å². The first-order chi connectivity index (χ1) is 16.2. The molecule has 6 heteroatoms. The van der Waals surface area contributed by atoms with Gasteiger partial charge in [0.2, 0.25) is 0 Å². The van der Waals surface area contributed by atoms with Gasteiger partial charge in [0.1, 0.15) is 0 Å². The Kier molecular flexibility index (Phi) is 6.23. The maximum Gasteiger partial charge on any atom is 0.0751 e. The standard InChI is InChI=1S/C28H34N2P2S2/c1-7-20-11-13-22-24(17-20)31(6,33)26-15-19(5)16-27-28(26)30(22)23-14-12-21(8-2)18-25(23)32(27,34)29(9-3)10-4/h11-18H,7-10H2,1-6H3. The fourth-order valence-electron chi connectivity index (χ4n) is 5.62. The Bertz CT molecular complexity index is 1410. The first kappa shape index (κ1) is 24.4. The molecule has 178 valence electrons. The van der Waals surface area contributed by atoms with Crippen molar-refractivity contribution in [3.8, 4) is 0 Å². The lowest BCUT2D eigenvalue weighted by Crippen LogP contribution is -2.46. The Morgan fingerprint density at radius 3 is 1.82 bits per heavy atom. The monoisotopic (exact) mass is 524 g/mol. The highest BCUT2D eigenvalue weighted by molar-refractivity contribution is 8.22. The minimum absolute atomic E-state index is 0.947. The predicted octanol–water partition coefficient (Wildman–Crippen LogP) is 5.96. The van der Waals surface area contributed by atoms with Gasteiger partial charge in [-0.1, -0.05) is 63.4 Å². The SMILES string of the molecule is CCc1ccc2c(c1)P(C)(=S)c1cc(C)cc3c1N2c1ccc(CC)cc1P3(=S)N(CC)CC. The first-order valence-electron chi connectivity index (χ1n) is 12.4. The summed E-state index contributed by atoms with van der Waals surface area (Å²) in [5, 5.41) is 5.36. The van der Waals surface area contributed by atoms with Crippen LogP contribution in [0.25, 0.3) is 0 Å². The van der Waals surface area contributed by atoms with Crippen molar-refractivity contribution in [1.29, 1.82) is 0 Å². The molecule has 3 aromatic rings. The topological polar surface area (TPSA) is 6.48 Å². The lowest BCUT2D eigenvalue weighted by Gasteiger charge is -2.48. The number of rotatable bonds is 5. The molecule has 2 nitrogen and oxygen atoms in total. The summed E-state index contributed by atoms with van der Waals surface area (Å²) in [6, 6.07) is 16.8. The number of aryl methyl sites for hydroxylation is 3. The molecule has 0 radical (unpaired) electrons. The summed E-state index contributed by atoms with van der Waals surface area (Å²) in [5.74, 6) is 0. The smallest absolute Gasteiger partial charge is 0.0751 e. The number of hydrogen-bond donors (Lipinski definition) is 0. The Labute approximate surface area is 215 Å². The van der Waals surface area contributed by atoms with Crippen LogP contribution in [0.3, 0.4) is 0 Å². The van der Waals surface area contributed by atoms with E-state index in [9.17, 15) is 0 Å². The van der Waals surface area contributed by atoms with Crippen LogP contribution in [0.15, 0.2) is 48.5 Å². The minimum Gasteiger partial charge on any atom is -0.308 e. The summed E-state index contributed by atoms with van der Waals surface area (Å²) in [7, 11) is 0. The minimum atomic E-state index is -2.20. The van der Waals surface area contributed by atoms with Crippen molar-refractivity contribution >= 4 is 74.1 Å². The van der Waals surface area contributed by atoms with E-state index in [2.05, 4.69) is 99.4 Å². The van der Waals surface area contributed by atoms with Crippen LogP contribution < -0.4 is 26.1 Å². The van der Waals surface area contributed by atoms with Crippen molar-refractivity contribution < 1.29 is 0 Å². The highest BCUT2D eigenvalue weighted by Gasteiger charge is 2.45. The molecule has 0 aromatic heterocycles. The molecule has 0 aliphatic carbocycles. The predicted molar refractivity (Wildman–Crippen MR) is 161 cm³/mol. The highest BCUT2D eigenvalue weighted by Crippen LogP contribution is 2.61. The van der Waals surface area contributed by atoms with Crippen molar-refractivity contribution in [2.24, 2.45) is 0 Å². The van der Waals surface area contributed by atoms with Crippen LogP contribution in [0.1, 0.15) is 44.4 Å². The number of hydrogen-bond acceptors (Lipinski definition) is 3. The van der Waals surface area contributed by atoms with E-state index in [0.717, 1.165) is 25.9 Å². The van der Waals surface area contributed by atoms with Gasteiger partial charge in [0, 0.05) is 40.3 Å². The first-order valence-corrected chi connectivity index (χ1v) is 18.4. The van der Waals surface area contributed by atoms with E-state index in [-0.39, 0.29) is 0 Å². The van der Waals surface area contributed by atoms with Gasteiger partial charge in [-0.3, -0.25) is 4.67 Å². The van der Waals surface area contributed by atoms with Crippen LogP contribution in [0.2, 0.25) is 0 Å². The summed E-state index contributed by atoms with van der Waals surface area (Å²) in [6.07, 6.45) is -0.167. The third-order valence-electron chi connectivity index (χ3n) is 7.52. The molecule has 0 amide bonds. The van der Waals surface area contributed by atoms with Crippen molar-refractivity contribution in [1.82, 2.24) is 4.67 Å². The van der Waals surface area contributed by atoms with Crippen molar-refractivity contribution in [3.05, 3.63) is 65.2 Å². The molecule has 0 saturated heterocycles. The summed E-state index contributed by atoms with van der Waals surface area (Å²) >= 11 is 13.4. The molecule has 0 bridgehead atoms. The molecule has 3 aromatic carbocycles. The molecule has 0 saturated carbocycles. The Morgan fingerprint density at radius 2 is 1.26 bits per heavy atom. The van der Waals surface area contributed by atoms with Gasteiger partial charge in [-0.15, -0.1) is 0 Å². The molecule has 5 rings (SSSR count). The largest absolute Gasteiger partial charge is 0.308 e. The summed E-state index contributed by atoms with van der Waals surface area (Å²) in [4.78, 5) is 2.51. The lowest BCUT2D eigenvalue weighted by molar-refractivity contribution is 0.513. The van der Waals surface area contributed by atoms with E-state index in [4.69, 9.17) is 23.6 Å². The van der Waals surface area contributed by atoms with E-state index < -0.39 is 12.2 Å². The summed E-state index contributed by atoms with van der Waals surface area (Å²) < 4.78 is 2.56. The zero-order valence-electron chi connectivity index (χ0n) is 21.1. The quantitative estimate of drug-likeness (QED) is 0.380. The molecule has 2 aliphatic heterocycles. The second-order valence-electron chi connectivity index (χ2n) is 9.48. The van der Waals surface area contributed by atoms with Gasteiger partial charge in [0.15, 0.2) is 0 Å². The van der Waals surface area contributed by atoms with Gasteiger partial charge in [-0.2, -0.15) is 0 Å². The third-order valence-corrected chi connectivity index (χ3v) is 16.5. The molecule has 2 unspecified atom stereocenters. The van der Waals surface area contributed by atoms with Crippen LogP contribution in [0.4, 0.5) is 17.1 Å². The van der Waals surface area contributed by atoms with Crippen LogP contribution >= 0.6 is 12.2 Å². The summed E-state index contributed by atoms with van der Waals surface area (Å²) in [5.41, 5.74) is 7.79. The average Bonchev–Trinajstić information content (AvgIpc) is 2.84. The molecular formula is C28H34N2P2S2. The van der Waals surface area contributed by atoms with Gasteiger partial charge in [0.05, 0.1) is 23.3 Å². The summed E-state index contributed by atoms with van der Waals surface area (Å²) in [6.45, 7) is 15.4. The van der Waals surface area contributed by atoms with Crippen LogP contribution in [0, 0.1) is 6.92 Å². The normalized spacial score (nSPS) is 22.4. The molecular weight excluding hydrogens is 490 g/mol. The molecule has 0 N–H and O–H groups in total. The van der Waals surface area contributed by atoms with Gasteiger partial charge in [-0.05, 0) is 79.5 Å².